The van der Waals surface area contributed by atoms with Crippen molar-refractivity contribution in [2.24, 2.45) is 0 Å². The number of nitrogens with zero attached hydrogens (tertiary/aromatic N) is 3. The van der Waals surface area contributed by atoms with Gasteiger partial charge in [0.15, 0.2) is 0 Å². The lowest BCUT2D eigenvalue weighted by atomic mass is 9.33. The molecule has 388 valence electrons. The van der Waals surface area contributed by atoms with E-state index in [1.165, 1.54) is 101 Å². The Morgan fingerprint density at radius 2 is 0.948 bits per heavy atom. The van der Waals surface area contributed by atoms with Crippen molar-refractivity contribution in [3.63, 3.8) is 0 Å². The second-order valence-corrected chi connectivity index (χ2v) is 27.9. The van der Waals surface area contributed by atoms with Crippen molar-refractivity contribution in [3.05, 3.63) is 209 Å². The number of aryl methyl sites for hydroxylation is 1. The second kappa shape index (κ2) is 17.2. The van der Waals surface area contributed by atoms with Crippen LogP contribution in [0.5, 0.6) is 0 Å². The third-order valence-electron chi connectivity index (χ3n) is 18.2. The quantitative estimate of drug-likeness (QED) is 0.147. The van der Waals surface area contributed by atoms with Crippen molar-refractivity contribution in [1.29, 1.82) is 0 Å². The predicted molar refractivity (Wildman–Crippen MR) is 334 cm³/mol. The van der Waals surface area contributed by atoms with Gasteiger partial charge in [-0.25, -0.2) is 0 Å². The van der Waals surface area contributed by atoms with Crippen molar-refractivity contribution in [2.75, 3.05) is 14.7 Å². The van der Waals surface area contributed by atoms with Crippen molar-refractivity contribution in [2.45, 2.75) is 149 Å². The Kier molecular flexibility index (Phi) is 11.4. The van der Waals surface area contributed by atoms with Gasteiger partial charge >= 0.3 is 0 Å². The molecule has 4 heteroatoms. The predicted octanol–water partition coefficient (Wildman–Crippen LogP) is 18.4. The minimum atomic E-state index is -0.0935. The Morgan fingerprint density at radius 3 is 1.51 bits per heavy atom. The maximum atomic E-state index is 4.52. The molecule has 0 saturated heterocycles. The van der Waals surface area contributed by atoms with Gasteiger partial charge < -0.3 is 14.7 Å². The van der Waals surface area contributed by atoms with Gasteiger partial charge in [-0.3, -0.25) is 0 Å². The number of hydrogen-bond acceptors (Lipinski definition) is 3. The Bertz CT molecular complexity index is 3670. The van der Waals surface area contributed by atoms with Gasteiger partial charge in [0.2, 0.25) is 0 Å². The average Bonchev–Trinajstić information content (AvgIpc) is 3.86. The van der Waals surface area contributed by atoms with Crippen LogP contribution in [-0.4, -0.2) is 6.71 Å². The van der Waals surface area contributed by atoms with Crippen LogP contribution in [0.15, 0.2) is 164 Å². The number of hydrogen-bond donors (Lipinski definition) is 0. The van der Waals surface area contributed by atoms with Crippen LogP contribution < -0.4 is 31.1 Å². The molecular formula is C73H78BN3. The summed E-state index contributed by atoms with van der Waals surface area (Å²) < 4.78 is 0. The normalized spacial score (nSPS) is 17.1. The van der Waals surface area contributed by atoms with Gasteiger partial charge in [0, 0.05) is 51.1 Å². The summed E-state index contributed by atoms with van der Waals surface area (Å²) in [6, 6.07) is 61.2. The smallest absolute Gasteiger partial charge is 0.252 e. The summed E-state index contributed by atoms with van der Waals surface area (Å²) in [5.74, 6) is 0. The van der Waals surface area contributed by atoms with Crippen LogP contribution in [0.2, 0.25) is 0 Å². The molecular weight excluding hydrogens is 930 g/mol. The summed E-state index contributed by atoms with van der Waals surface area (Å²) in [6.45, 7) is 40.4. The molecule has 8 aromatic rings. The van der Waals surface area contributed by atoms with E-state index in [1.54, 1.807) is 0 Å². The van der Waals surface area contributed by atoms with Gasteiger partial charge in [0.05, 0.1) is 5.69 Å². The zero-order chi connectivity index (χ0) is 54.5. The van der Waals surface area contributed by atoms with E-state index >= 15 is 0 Å². The molecule has 8 aromatic carbocycles. The van der Waals surface area contributed by atoms with E-state index in [0.717, 1.165) is 35.5 Å². The zero-order valence-corrected chi connectivity index (χ0v) is 48.6. The Morgan fingerprint density at radius 1 is 0.455 bits per heavy atom. The molecule has 0 atom stereocenters. The van der Waals surface area contributed by atoms with E-state index in [0.29, 0.717) is 0 Å². The Balaban J connectivity index is 1.21. The number of para-hydroxylation sites is 2. The third kappa shape index (κ3) is 8.14. The maximum Gasteiger partial charge on any atom is 0.252 e. The molecule has 0 radical (unpaired) electrons. The fourth-order valence-electron chi connectivity index (χ4n) is 14.8. The first kappa shape index (κ1) is 50.8. The molecule has 0 N–H and O–H groups in total. The van der Waals surface area contributed by atoms with E-state index in [2.05, 4.69) is 289 Å². The fourth-order valence-corrected chi connectivity index (χ4v) is 14.8. The molecule has 4 aliphatic rings. The Labute approximate surface area is 461 Å². The molecule has 12 rings (SSSR count). The minimum Gasteiger partial charge on any atom is -0.311 e. The topological polar surface area (TPSA) is 9.72 Å². The first-order valence-corrected chi connectivity index (χ1v) is 28.3. The van der Waals surface area contributed by atoms with Crippen molar-refractivity contribution >= 4 is 80.4 Å². The molecule has 3 nitrogen and oxygen atoms in total. The summed E-state index contributed by atoms with van der Waals surface area (Å²) in [7, 11) is 0. The monoisotopic (exact) mass is 1010 g/mol. The number of fused-ring (bicyclic) bond motifs is 6. The lowest BCUT2D eigenvalue weighted by Gasteiger charge is -2.46. The van der Waals surface area contributed by atoms with Gasteiger partial charge in [-0.15, -0.1) is 0 Å². The largest absolute Gasteiger partial charge is 0.311 e. The van der Waals surface area contributed by atoms with E-state index in [9.17, 15) is 0 Å². The molecule has 0 saturated carbocycles. The second-order valence-electron chi connectivity index (χ2n) is 27.9. The maximum absolute atomic E-state index is 4.52. The van der Waals surface area contributed by atoms with Crippen LogP contribution in [0.4, 0.5) is 51.2 Å². The molecule has 0 fully saturated rings. The summed E-state index contributed by atoms with van der Waals surface area (Å²) in [6.07, 6.45) is 4.26. The molecule has 0 spiro atoms. The molecule has 0 unspecified atom stereocenters. The SMILES string of the molecule is C=Cc1cc2c3c(c1)N(c1ccc(C(C)(C)C)cc1-c1ccc4c(c1)C(C)(C)CC4(C)C)c1cc4c(cc1B3c1cc(N(c3ccccc3)c3ccccc3)ccc1N2c1ccc(C(C)(C)C)cc1C)C(C)(C)CC4(C)C. The average molecular weight is 1010 g/mol. The van der Waals surface area contributed by atoms with E-state index < -0.39 is 0 Å². The van der Waals surface area contributed by atoms with Crippen LogP contribution in [0, 0.1) is 6.92 Å². The highest BCUT2D eigenvalue weighted by Crippen LogP contribution is 2.56. The van der Waals surface area contributed by atoms with Crippen LogP contribution in [0.25, 0.3) is 17.2 Å². The first-order chi connectivity index (χ1) is 36.3. The van der Waals surface area contributed by atoms with Crippen molar-refractivity contribution in [1.82, 2.24) is 0 Å². The molecule has 0 amide bonds. The van der Waals surface area contributed by atoms with Gasteiger partial charge in [-0.2, -0.15) is 0 Å². The van der Waals surface area contributed by atoms with Crippen LogP contribution >= 0.6 is 0 Å². The highest BCUT2D eigenvalue weighted by Gasteiger charge is 2.49. The van der Waals surface area contributed by atoms with Crippen LogP contribution in [0.1, 0.15) is 154 Å². The highest BCUT2D eigenvalue weighted by molar-refractivity contribution is 7.00. The Hall–Kier alpha value is -7.04. The molecule has 0 bridgehead atoms. The molecule has 2 aliphatic carbocycles. The summed E-state index contributed by atoms with van der Waals surface area (Å²) >= 11 is 0. The van der Waals surface area contributed by atoms with Crippen LogP contribution in [0.3, 0.4) is 0 Å². The number of benzene rings is 8. The molecule has 2 heterocycles. The number of anilines is 9. The van der Waals surface area contributed by atoms with Gasteiger partial charge in [-0.05, 0) is 198 Å². The van der Waals surface area contributed by atoms with E-state index in [1.807, 2.05) is 0 Å². The van der Waals surface area contributed by atoms with Crippen molar-refractivity contribution in [3.8, 4) is 11.1 Å². The van der Waals surface area contributed by atoms with Crippen molar-refractivity contribution < 1.29 is 0 Å². The van der Waals surface area contributed by atoms with Gasteiger partial charge in [-0.1, -0.05) is 188 Å². The summed E-state index contributed by atoms with van der Waals surface area (Å²) in [4.78, 5) is 7.71. The molecule has 2 aliphatic heterocycles. The van der Waals surface area contributed by atoms with E-state index in [-0.39, 0.29) is 39.2 Å². The fraction of sp³-hybridized carbons (Fsp3) is 0.315. The van der Waals surface area contributed by atoms with Gasteiger partial charge in [0.1, 0.15) is 0 Å². The molecule has 0 aromatic heterocycles. The molecule has 77 heavy (non-hydrogen) atoms. The number of rotatable bonds is 7. The lowest BCUT2D eigenvalue weighted by molar-refractivity contribution is 0.403. The minimum absolute atomic E-state index is 0.00119. The van der Waals surface area contributed by atoms with Crippen LogP contribution in [-0.2, 0) is 32.5 Å². The standard InChI is InChI=1S/C73H78BN3/c1-17-47-37-65-67-66(38-47)77(62-34-30-50(69(6,7)8)40-54(62)48-28-32-55-56(39-48)71(11,12)44-70(55,9)10)64-43-58-57(72(13,14)45-73(58,15)16)42-60(64)74(67)59-41-53(75(51-24-20-18-21-25-51)52-26-22-19-23-27-52)31-35-63(59)76(65)61-33-29-49(36-46(61)2)68(3,4)5/h17-43H,1,44-45H2,2-16H3. The first-order valence-electron chi connectivity index (χ1n) is 28.3. The summed E-state index contributed by atoms with van der Waals surface area (Å²) in [5.41, 5.74) is 28.0. The summed E-state index contributed by atoms with van der Waals surface area (Å²) in [5, 5.41) is 0. The van der Waals surface area contributed by atoms with E-state index in [4.69, 9.17) is 0 Å². The zero-order valence-electron chi connectivity index (χ0n) is 48.6. The highest BCUT2D eigenvalue weighted by atomic mass is 15.2. The van der Waals surface area contributed by atoms with Gasteiger partial charge in [0.25, 0.3) is 6.71 Å². The lowest BCUT2D eigenvalue weighted by Crippen LogP contribution is -2.61. The third-order valence-corrected chi connectivity index (χ3v) is 18.2.